The third-order valence-electron chi connectivity index (χ3n) is 3.86. The van der Waals surface area contributed by atoms with Gasteiger partial charge >= 0.3 is 11.9 Å². The van der Waals surface area contributed by atoms with Gasteiger partial charge < -0.3 is 9.47 Å². The first-order valence-corrected chi connectivity index (χ1v) is 8.78. The van der Waals surface area contributed by atoms with Crippen LogP contribution in [-0.4, -0.2) is 35.1 Å². The van der Waals surface area contributed by atoms with Crippen molar-refractivity contribution in [2.75, 3.05) is 0 Å². The number of nitro groups is 1. The molecule has 1 aromatic rings. The summed E-state index contributed by atoms with van der Waals surface area (Å²) in [6.07, 6.45) is -0.750. The molecule has 2 atom stereocenters. The molecule has 1 rings (SSSR count). The smallest absolute Gasteiger partial charge is 0.321 e. The molecule has 0 fully saturated rings. The van der Waals surface area contributed by atoms with Crippen LogP contribution in [0.15, 0.2) is 30.3 Å². The summed E-state index contributed by atoms with van der Waals surface area (Å²) in [5.74, 6) is -3.99. The minimum absolute atomic E-state index is 0.160. The second kappa shape index (κ2) is 9.89. The summed E-state index contributed by atoms with van der Waals surface area (Å²) in [4.78, 5) is 36.6. The second-order valence-electron chi connectivity index (χ2n) is 6.65. The molecule has 7 nitrogen and oxygen atoms in total. The molecule has 0 aliphatic carbocycles. The number of hydrogen-bond donors (Lipinski definition) is 0. The van der Waals surface area contributed by atoms with Crippen molar-refractivity contribution >= 4 is 11.9 Å². The van der Waals surface area contributed by atoms with Crippen LogP contribution in [-0.2, 0) is 19.1 Å². The SMILES string of the molecule is CCC(C(c1ccccc1)C(C(=O)OC(C)C)C(=O)OC(C)C)[N+](=O)[O-]. The summed E-state index contributed by atoms with van der Waals surface area (Å²) in [6, 6.07) is 7.43. The van der Waals surface area contributed by atoms with Gasteiger partial charge in [0.2, 0.25) is 6.04 Å². The fourth-order valence-electron chi connectivity index (χ4n) is 2.85. The second-order valence-corrected chi connectivity index (χ2v) is 6.65. The largest absolute Gasteiger partial charge is 0.462 e. The lowest BCUT2D eigenvalue weighted by molar-refractivity contribution is -0.528. The zero-order valence-corrected chi connectivity index (χ0v) is 15.9. The normalized spacial score (nSPS) is 13.5. The highest BCUT2D eigenvalue weighted by molar-refractivity contribution is 5.96. The van der Waals surface area contributed by atoms with Crippen LogP contribution in [0.25, 0.3) is 0 Å². The van der Waals surface area contributed by atoms with Crippen LogP contribution >= 0.6 is 0 Å². The summed E-state index contributed by atoms with van der Waals surface area (Å²) >= 11 is 0. The summed E-state index contributed by atoms with van der Waals surface area (Å²) in [7, 11) is 0. The van der Waals surface area contributed by atoms with E-state index in [4.69, 9.17) is 9.47 Å². The molecule has 0 N–H and O–H groups in total. The van der Waals surface area contributed by atoms with E-state index in [9.17, 15) is 19.7 Å². The molecule has 26 heavy (non-hydrogen) atoms. The molecule has 0 saturated carbocycles. The molecule has 0 spiro atoms. The Bertz CT molecular complexity index is 592. The molecule has 1 aromatic carbocycles. The molecular weight excluding hydrogens is 338 g/mol. The molecule has 0 aliphatic rings. The Hall–Kier alpha value is -2.44. The third kappa shape index (κ3) is 5.82. The average molecular weight is 365 g/mol. The van der Waals surface area contributed by atoms with Crippen LogP contribution in [0.1, 0.15) is 52.5 Å². The minimum Gasteiger partial charge on any atom is -0.462 e. The van der Waals surface area contributed by atoms with Gasteiger partial charge in [0.25, 0.3) is 0 Å². The lowest BCUT2D eigenvalue weighted by Crippen LogP contribution is -2.42. The molecule has 2 unspecified atom stereocenters. The lowest BCUT2D eigenvalue weighted by atomic mass is 9.79. The average Bonchev–Trinajstić information content (AvgIpc) is 2.53. The van der Waals surface area contributed by atoms with E-state index in [2.05, 4.69) is 0 Å². The Morgan fingerprint density at radius 1 is 1.00 bits per heavy atom. The first-order valence-electron chi connectivity index (χ1n) is 8.78. The molecule has 7 heteroatoms. The number of carbonyl (C=O) groups excluding carboxylic acids is 2. The number of benzene rings is 1. The van der Waals surface area contributed by atoms with E-state index in [1.54, 1.807) is 65.0 Å². The Balaban J connectivity index is 3.45. The van der Waals surface area contributed by atoms with Gasteiger partial charge in [-0.25, -0.2) is 0 Å². The molecule has 0 aromatic heterocycles. The van der Waals surface area contributed by atoms with E-state index in [0.29, 0.717) is 5.56 Å². The van der Waals surface area contributed by atoms with E-state index in [1.165, 1.54) is 0 Å². The van der Waals surface area contributed by atoms with Crippen molar-refractivity contribution in [3.8, 4) is 0 Å². The first-order chi connectivity index (χ1) is 12.2. The Labute approximate surface area is 153 Å². The van der Waals surface area contributed by atoms with Crippen molar-refractivity contribution in [3.05, 3.63) is 46.0 Å². The maximum atomic E-state index is 12.7. The van der Waals surface area contributed by atoms with Crippen LogP contribution in [0.5, 0.6) is 0 Å². The van der Waals surface area contributed by atoms with Crippen molar-refractivity contribution in [1.82, 2.24) is 0 Å². The van der Waals surface area contributed by atoms with Gasteiger partial charge in [-0.1, -0.05) is 37.3 Å². The Morgan fingerprint density at radius 2 is 1.46 bits per heavy atom. The molecule has 0 saturated heterocycles. The Kier molecular flexibility index (Phi) is 8.22. The topological polar surface area (TPSA) is 95.7 Å². The number of carbonyl (C=O) groups is 2. The zero-order valence-electron chi connectivity index (χ0n) is 15.9. The maximum Gasteiger partial charge on any atom is 0.321 e. The first kappa shape index (κ1) is 21.6. The van der Waals surface area contributed by atoms with E-state index >= 15 is 0 Å². The van der Waals surface area contributed by atoms with Gasteiger partial charge in [0.05, 0.1) is 18.1 Å². The van der Waals surface area contributed by atoms with Gasteiger partial charge in [0, 0.05) is 11.3 Å². The quantitative estimate of drug-likeness (QED) is 0.288. The van der Waals surface area contributed by atoms with E-state index in [0.717, 1.165) is 0 Å². The highest BCUT2D eigenvalue weighted by Crippen LogP contribution is 2.34. The fraction of sp³-hybridized carbons (Fsp3) is 0.579. The Morgan fingerprint density at radius 3 is 1.81 bits per heavy atom. The summed E-state index contributed by atoms with van der Waals surface area (Å²) in [5, 5.41) is 11.6. The molecule has 0 bridgehead atoms. The van der Waals surface area contributed by atoms with E-state index < -0.39 is 46.9 Å². The number of ether oxygens (including phenoxy) is 2. The van der Waals surface area contributed by atoms with E-state index in [1.807, 2.05) is 0 Å². The van der Waals surface area contributed by atoms with Gasteiger partial charge in [-0.2, -0.15) is 0 Å². The minimum atomic E-state index is -1.41. The summed E-state index contributed by atoms with van der Waals surface area (Å²) in [5.41, 5.74) is 0.530. The molecule has 0 heterocycles. The van der Waals surface area contributed by atoms with Crippen molar-refractivity contribution in [3.63, 3.8) is 0 Å². The standard InChI is InChI=1S/C19H27NO6/c1-6-15(20(23)24)16(14-10-8-7-9-11-14)17(18(21)25-12(2)3)19(22)26-13(4)5/h7-13,15-17H,6H2,1-5H3. The fourth-order valence-corrected chi connectivity index (χ4v) is 2.85. The van der Waals surface area contributed by atoms with Crippen LogP contribution in [0.2, 0.25) is 0 Å². The molecule has 144 valence electrons. The number of rotatable bonds is 9. The number of hydrogen-bond acceptors (Lipinski definition) is 6. The van der Waals surface area contributed by atoms with Crippen LogP contribution in [0.3, 0.4) is 0 Å². The zero-order chi connectivity index (χ0) is 19.9. The van der Waals surface area contributed by atoms with Crippen LogP contribution < -0.4 is 0 Å². The number of esters is 2. The van der Waals surface area contributed by atoms with Gasteiger partial charge in [-0.05, 0) is 33.3 Å². The van der Waals surface area contributed by atoms with Gasteiger partial charge in [-0.15, -0.1) is 0 Å². The highest BCUT2D eigenvalue weighted by Gasteiger charge is 2.47. The maximum absolute atomic E-state index is 12.7. The molecule has 0 aliphatic heterocycles. The van der Waals surface area contributed by atoms with E-state index in [-0.39, 0.29) is 6.42 Å². The molecule has 0 amide bonds. The molecule has 0 radical (unpaired) electrons. The highest BCUT2D eigenvalue weighted by atomic mass is 16.6. The molecular formula is C19H27NO6. The summed E-state index contributed by atoms with van der Waals surface area (Å²) in [6.45, 7) is 8.29. The lowest BCUT2D eigenvalue weighted by Gasteiger charge is -2.27. The van der Waals surface area contributed by atoms with Gasteiger partial charge in [0.15, 0.2) is 5.92 Å². The van der Waals surface area contributed by atoms with Crippen molar-refractivity contribution in [2.45, 2.75) is 65.2 Å². The van der Waals surface area contributed by atoms with Crippen molar-refractivity contribution in [1.29, 1.82) is 0 Å². The van der Waals surface area contributed by atoms with Gasteiger partial charge in [-0.3, -0.25) is 19.7 Å². The number of nitrogens with zero attached hydrogens (tertiary/aromatic N) is 1. The van der Waals surface area contributed by atoms with Crippen molar-refractivity contribution < 1.29 is 24.0 Å². The third-order valence-corrected chi connectivity index (χ3v) is 3.86. The predicted molar refractivity (Wildman–Crippen MR) is 96.2 cm³/mol. The van der Waals surface area contributed by atoms with Crippen molar-refractivity contribution in [2.24, 2.45) is 5.92 Å². The van der Waals surface area contributed by atoms with Crippen LogP contribution in [0.4, 0.5) is 0 Å². The van der Waals surface area contributed by atoms with Crippen LogP contribution in [0, 0.1) is 16.0 Å². The summed E-state index contributed by atoms with van der Waals surface area (Å²) < 4.78 is 10.5. The van der Waals surface area contributed by atoms with Gasteiger partial charge in [0.1, 0.15) is 0 Å². The monoisotopic (exact) mass is 365 g/mol. The predicted octanol–water partition coefficient (Wildman–Crippen LogP) is 3.34.